The van der Waals surface area contributed by atoms with Gasteiger partial charge in [-0.2, -0.15) is 0 Å². The topological polar surface area (TPSA) is 59.8 Å². The molecular weight excluding hydrogens is 260 g/mol. The van der Waals surface area contributed by atoms with E-state index in [0.717, 1.165) is 15.7 Å². The molecule has 6 heteroatoms. The molecular formula is C13H18N4OS. The number of imidazole rings is 1. The second-order valence-electron chi connectivity index (χ2n) is 5.05. The number of nitrogens with one attached hydrogen (secondary N) is 1. The first-order valence-corrected chi connectivity index (χ1v) is 6.92. The third kappa shape index (κ3) is 3.20. The molecule has 19 heavy (non-hydrogen) atoms. The highest BCUT2D eigenvalue weighted by molar-refractivity contribution is 7.11. The maximum Gasteiger partial charge on any atom is 0.240 e. The number of hydrogen-bond acceptors (Lipinski definition) is 4. The summed E-state index contributed by atoms with van der Waals surface area (Å²) in [5.74, 6) is 0.789. The molecule has 0 aromatic carbocycles. The summed E-state index contributed by atoms with van der Waals surface area (Å²) in [6.45, 7) is 8.09. The summed E-state index contributed by atoms with van der Waals surface area (Å²) in [5.41, 5.74) is -0.454. The van der Waals surface area contributed by atoms with Gasteiger partial charge in [0.05, 0.1) is 5.54 Å². The van der Waals surface area contributed by atoms with E-state index < -0.39 is 5.54 Å². The summed E-state index contributed by atoms with van der Waals surface area (Å²) >= 11 is 1.60. The first-order valence-electron chi connectivity index (χ1n) is 6.10. The number of carbonyl (C=O) groups excluding carboxylic acids is 1. The molecule has 2 aromatic heterocycles. The quantitative estimate of drug-likeness (QED) is 0.930. The van der Waals surface area contributed by atoms with Gasteiger partial charge < -0.3 is 9.88 Å². The van der Waals surface area contributed by atoms with Crippen molar-refractivity contribution in [2.24, 2.45) is 0 Å². The van der Waals surface area contributed by atoms with Gasteiger partial charge in [-0.1, -0.05) is 0 Å². The van der Waals surface area contributed by atoms with Crippen LogP contribution in [-0.2, 0) is 16.9 Å². The Morgan fingerprint density at radius 2 is 2.16 bits per heavy atom. The van der Waals surface area contributed by atoms with Crippen LogP contribution < -0.4 is 5.32 Å². The lowest BCUT2D eigenvalue weighted by Crippen LogP contribution is -2.42. The molecule has 0 saturated carbocycles. The lowest BCUT2D eigenvalue weighted by atomic mass is 10.1. The summed E-state index contributed by atoms with van der Waals surface area (Å²) in [5, 5.41) is 3.93. The Kier molecular flexibility index (Phi) is 3.71. The number of thiazole rings is 1. The van der Waals surface area contributed by atoms with Crippen molar-refractivity contribution in [1.29, 1.82) is 0 Å². The van der Waals surface area contributed by atoms with Crippen molar-refractivity contribution in [3.63, 3.8) is 0 Å². The van der Waals surface area contributed by atoms with Gasteiger partial charge in [-0.3, -0.25) is 4.79 Å². The predicted molar refractivity (Wildman–Crippen MR) is 75.0 cm³/mol. The molecule has 2 rings (SSSR count). The zero-order valence-corrected chi connectivity index (χ0v) is 12.4. The average Bonchev–Trinajstić information content (AvgIpc) is 2.88. The van der Waals surface area contributed by atoms with E-state index in [0.29, 0.717) is 0 Å². The fraction of sp³-hybridized carbons (Fsp3) is 0.462. The van der Waals surface area contributed by atoms with Crippen LogP contribution in [-0.4, -0.2) is 20.4 Å². The Morgan fingerprint density at radius 3 is 2.68 bits per heavy atom. The number of carbonyl (C=O) groups is 1. The van der Waals surface area contributed by atoms with Gasteiger partial charge in [0, 0.05) is 23.5 Å². The van der Waals surface area contributed by atoms with Crippen molar-refractivity contribution in [2.45, 2.75) is 39.8 Å². The molecule has 0 fully saturated rings. The molecule has 0 atom stereocenters. The Morgan fingerprint density at radius 1 is 1.42 bits per heavy atom. The van der Waals surface area contributed by atoms with Crippen LogP contribution in [0.15, 0.2) is 18.6 Å². The third-order valence-electron chi connectivity index (χ3n) is 2.85. The van der Waals surface area contributed by atoms with Gasteiger partial charge in [0.25, 0.3) is 0 Å². The standard InChI is InChI=1S/C13H18N4OS/c1-9-7-15-12(19-9)13(3,4)16-11(18)8-17-6-5-14-10(17)2/h5-7H,8H2,1-4H3,(H,16,18). The molecule has 0 radical (unpaired) electrons. The molecule has 2 heterocycles. The second-order valence-corrected chi connectivity index (χ2v) is 6.29. The SMILES string of the molecule is Cc1cnc(C(C)(C)NC(=O)Cn2ccnc2C)s1. The van der Waals surface area contributed by atoms with Crippen LogP contribution in [0.4, 0.5) is 0 Å². The lowest BCUT2D eigenvalue weighted by molar-refractivity contribution is -0.123. The van der Waals surface area contributed by atoms with Crippen LogP contribution in [0.3, 0.4) is 0 Å². The van der Waals surface area contributed by atoms with E-state index in [1.165, 1.54) is 0 Å². The molecule has 0 aliphatic heterocycles. The molecule has 0 saturated heterocycles. The number of amides is 1. The lowest BCUT2D eigenvalue weighted by Gasteiger charge is -2.24. The zero-order chi connectivity index (χ0) is 14.0. The Hall–Kier alpha value is -1.69. The van der Waals surface area contributed by atoms with Crippen LogP contribution in [0.25, 0.3) is 0 Å². The fourth-order valence-electron chi connectivity index (χ4n) is 1.81. The predicted octanol–water partition coefficient (Wildman–Crippen LogP) is 2.01. The molecule has 5 nitrogen and oxygen atoms in total. The van der Waals surface area contributed by atoms with Gasteiger partial charge in [-0.25, -0.2) is 9.97 Å². The van der Waals surface area contributed by atoms with Gasteiger partial charge in [0.2, 0.25) is 5.91 Å². The van der Waals surface area contributed by atoms with E-state index in [9.17, 15) is 4.79 Å². The minimum absolute atomic E-state index is 0.0426. The number of aryl methyl sites for hydroxylation is 2. The summed E-state index contributed by atoms with van der Waals surface area (Å²) in [4.78, 5) is 21.7. The molecule has 0 spiro atoms. The molecule has 0 unspecified atom stereocenters. The van der Waals surface area contributed by atoms with Gasteiger partial charge in [0.15, 0.2) is 0 Å². The number of aromatic nitrogens is 3. The Balaban J connectivity index is 2.04. The highest BCUT2D eigenvalue weighted by atomic mass is 32.1. The summed E-state index contributed by atoms with van der Waals surface area (Å²) in [7, 11) is 0. The van der Waals surface area contributed by atoms with E-state index in [4.69, 9.17) is 0 Å². The first-order chi connectivity index (χ1) is 8.88. The molecule has 1 N–H and O–H groups in total. The highest BCUT2D eigenvalue weighted by Gasteiger charge is 2.26. The van der Waals surface area contributed by atoms with Gasteiger partial charge in [-0.15, -0.1) is 11.3 Å². The Labute approximate surface area is 116 Å². The van der Waals surface area contributed by atoms with E-state index in [2.05, 4.69) is 15.3 Å². The number of rotatable bonds is 4. The first kappa shape index (κ1) is 13.7. The van der Waals surface area contributed by atoms with E-state index in [1.54, 1.807) is 23.7 Å². The van der Waals surface area contributed by atoms with Crippen LogP contribution in [0.1, 0.15) is 29.6 Å². The van der Waals surface area contributed by atoms with E-state index in [-0.39, 0.29) is 12.5 Å². The Bertz CT molecular complexity index is 585. The van der Waals surface area contributed by atoms with Crippen molar-refractivity contribution in [3.05, 3.63) is 34.3 Å². The highest BCUT2D eigenvalue weighted by Crippen LogP contribution is 2.24. The van der Waals surface area contributed by atoms with Gasteiger partial charge >= 0.3 is 0 Å². The summed E-state index contributed by atoms with van der Waals surface area (Å²) in [6.07, 6.45) is 5.32. The van der Waals surface area contributed by atoms with Gasteiger partial charge in [0.1, 0.15) is 17.4 Å². The normalized spacial score (nSPS) is 11.6. The number of hydrogen-bond donors (Lipinski definition) is 1. The van der Waals surface area contributed by atoms with Crippen molar-refractivity contribution in [2.75, 3.05) is 0 Å². The zero-order valence-electron chi connectivity index (χ0n) is 11.6. The van der Waals surface area contributed by atoms with Crippen molar-refractivity contribution in [1.82, 2.24) is 19.9 Å². The van der Waals surface area contributed by atoms with Crippen LogP contribution in [0, 0.1) is 13.8 Å². The maximum absolute atomic E-state index is 12.1. The molecule has 2 aromatic rings. The maximum atomic E-state index is 12.1. The monoisotopic (exact) mass is 278 g/mol. The molecule has 1 amide bonds. The summed E-state index contributed by atoms with van der Waals surface area (Å²) < 4.78 is 1.82. The molecule has 0 aliphatic rings. The van der Waals surface area contributed by atoms with E-state index >= 15 is 0 Å². The third-order valence-corrected chi connectivity index (χ3v) is 4.08. The minimum atomic E-state index is -0.454. The van der Waals surface area contributed by atoms with E-state index in [1.807, 2.05) is 38.5 Å². The second kappa shape index (κ2) is 5.13. The minimum Gasteiger partial charge on any atom is -0.343 e. The number of nitrogens with zero attached hydrogens (tertiary/aromatic N) is 3. The largest absolute Gasteiger partial charge is 0.343 e. The molecule has 0 bridgehead atoms. The molecule has 0 aliphatic carbocycles. The average molecular weight is 278 g/mol. The van der Waals surface area contributed by atoms with Crippen molar-refractivity contribution < 1.29 is 4.79 Å². The van der Waals surface area contributed by atoms with Gasteiger partial charge in [-0.05, 0) is 27.7 Å². The van der Waals surface area contributed by atoms with Crippen molar-refractivity contribution >= 4 is 17.2 Å². The van der Waals surface area contributed by atoms with Crippen molar-refractivity contribution in [3.8, 4) is 0 Å². The fourth-order valence-corrected chi connectivity index (χ4v) is 2.63. The molecule has 102 valence electrons. The van der Waals surface area contributed by atoms with Crippen LogP contribution in [0.2, 0.25) is 0 Å². The van der Waals surface area contributed by atoms with Crippen LogP contribution >= 0.6 is 11.3 Å². The van der Waals surface area contributed by atoms with Crippen LogP contribution in [0.5, 0.6) is 0 Å². The smallest absolute Gasteiger partial charge is 0.240 e. The summed E-state index contributed by atoms with van der Waals surface area (Å²) in [6, 6.07) is 0.